The minimum Gasteiger partial charge on any atom is -0.322 e. The second-order valence-corrected chi connectivity index (χ2v) is 4.87. The van der Waals surface area contributed by atoms with Gasteiger partial charge in [-0.2, -0.15) is 5.10 Å². The van der Waals surface area contributed by atoms with Crippen LogP contribution in [0.15, 0.2) is 35.3 Å². The number of aromatic nitrogens is 4. The van der Waals surface area contributed by atoms with E-state index in [0.29, 0.717) is 0 Å². The fraction of sp³-hybridized carbons (Fsp3) is 0.214. The maximum absolute atomic E-state index is 13.2. The van der Waals surface area contributed by atoms with E-state index in [4.69, 9.17) is 5.73 Å². The van der Waals surface area contributed by atoms with Gasteiger partial charge in [-0.15, -0.1) is 0 Å². The van der Waals surface area contributed by atoms with Crippen LogP contribution in [0.1, 0.15) is 30.8 Å². The van der Waals surface area contributed by atoms with E-state index in [1.807, 2.05) is 0 Å². The number of nitrogens with two attached hydrogens (primary N) is 1. The smallest absolute Gasteiger partial charge is 0.267 e. The van der Waals surface area contributed by atoms with Gasteiger partial charge in [0.1, 0.15) is 5.82 Å². The number of rotatable bonds is 3. The quantitative estimate of drug-likeness (QED) is 0.775. The molecule has 0 saturated carbocycles. The molecule has 0 aliphatic carbocycles. The topological polar surface area (TPSA) is 89.6 Å². The Morgan fingerprint density at radius 2 is 2.09 bits per heavy atom. The number of hydrogen-bond donors (Lipinski definition) is 2. The zero-order valence-electron chi connectivity index (χ0n) is 11.6. The van der Waals surface area contributed by atoms with E-state index >= 15 is 0 Å². The zero-order valence-corrected chi connectivity index (χ0v) is 11.6. The van der Waals surface area contributed by atoms with Crippen molar-refractivity contribution in [3.63, 3.8) is 0 Å². The van der Waals surface area contributed by atoms with Crippen molar-refractivity contribution in [2.45, 2.75) is 19.4 Å². The SMILES string of the molecule is C[C@H](N)c1nc2cccc(C(F)F)c2c(=O)n1-c1cc[nH]n1. The van der Waals surface area contributed by atoms with Gasteiger partial charge in [0.2, 0.25) is 0 Å². The minimum atomic E-state index is -2.77. The van der Waals surface area contributed by atoms with Crippen LogP contribution in [0.5, 0.6) is 0 Å². The number of nitrogens with zero attached hydrogens (tertiary/aromatic N) is 3. The summed E-state index contributed by atoms with van der Waals surface area (Å²) in [6.45, 7) is 1.66. The van der Waals surface area contributed by atoms with Crippen LogP contribution < -0.4 is 11.3 Å². The van der Waals surface area contributed by atoms with Crippen LogP contribution in [0, 0.1) is 0 Å². The summed E-state index contributed by atoms with van der Waals surface area (Å²) in [7, 11) is 0. The van der Waals surface area contributed by atoms with E-state index in [0.717, 1.165) is 4.57 Å². The van der Waals surface area contributed by atoms with Crippen LogP contribution in [0.25, 0.3) is 16.7 Å². The van der Waals surface area contributed by atoms with Gasteiger partial charge in [0.05, 0.1) is 16.9 Å². The Hall–Kier alpha value is -2.61. The molecule has 0 aliphatic heterocycles. The number of aromatic amines is 1. The summed E-state index contributed by atoms with van der Waals surface area (Å²) in [5, 5.41) is 6.39. The molecule has 2 heterocycles. The van der Waals surface area contributed by atoms with Gasteiger partial charge in [0.25, 0.3) is 12.0 Å². The third-order valence-corrected chi connectivity index (χ3v) is 3.31. The molecule has 8 heteroatoms. The number of hydrogen-bond acceptors (Lipinski definition) is 4. The van der Waals surface area contributed by atoms with Crippen molar-refractivity contribution in [2.24, 2.45) is 5.73 Å². The summed E-state index contributed by atoms with van der Waals surface area (Å²) in [6.07, 6.45) is -1.25. The largest absolute Gasteiger partial charge is 0.322 e. The van der Waals surface area contributed by atoms with Gasteiger partial charge in [0, 0.05) is 17.8 Å². The maximum atomic E-state index is 13.2. The van der Waals surface area contributed by atoms with Crippen LogP contribution in [-0.4, -0.2) is 19.7 Å². The number of nitrogens with one attached hydrogen (secondary N) is 1. The summed E-state index contributed by atoms with van der Waals surface area (Å²) in [6, 6.07) is 5.16. The zero-order chi connectivity index (χ0) is 15.9. The Bertz CT molecular complexity index is 871. The first-order valence-electron chi connectivity index (χ1n) is 6.60. The molecule has 0 spiro atoms. The molecule has 0 saturated heterocycles. The Kier molecular flexibility index (Phi) is 3.45. The molecule has 1 atom stereocenters. The van der Waals surface area contributed by atoms with E-state index in [1.165, 1.54) is 24.4 Å². The monoisotopic (exact) mass is 305 g/mol. The van der Waals surface area contributed by atoms with E-state index in [2.05, 4.69) is 15.2 Å². The minimum absolute atomic E-state index is 0.120. The predicted molar refractivity (Wildman–Crippen MR) is 77.0 cm³/mol. The molecule has 3 aromatic rings. The van der Waals surface area contributed by atoms with Crippen molar-refractivity contribution in [3.8, 4) is 5.82 Å². The number of benzene rings is 1. The van der Waals surface area contributed by atoms with E-state index in [9.17, 15) is 13.6 Å². The number of alkyl halides is 2. The maximum Gasteiger partial charge on any atom is 0.267 e. The Labute approximate surface area is 123 Å². The first kappa shape index (κ1) is 14.3. The summed E-state index contributed by atoms with van der Waals surface area (Å²) in [4.78, 5) is 17.0. The summed E-state index contributed by atoms with van der Waals surface area (Å²) in [5.74, 6) is 0.520. The molecular weight excluding hydrogens is 292 g/mol. The van der Waals surface area contributed by atoms with E-state index in [-0.39, 0.29) is 28.1 Å². The van der Waals surface area contributed by atoms with Crippen molar-refractivity contribution in [3.05, 3.63) is 52.2 Å². The molecule has 0 amide bonds. The van der Waals surface area contributed by atoms with Crippen molar-refractivity contribution >= 4 is 10.9 Å². The van der Waals surface area contributed by atoms with Gasteiger partial charge in [-0.3, -0.25) is 9.89 Å². The van der Waals surface area contributed by atoms with Gasteiger partial charge in [-0.25, -0.2) is 18.3 Å². The molecule has 2 aromatic heterocycles. The Balaban J connectivity index is 2.47. The first-order valence-corrected chi connectivity index (χ1v) is 6.60. The molecule has 22 heavy (non-hydrogen) atoms. The third-order valence-electron chi connectivity index (χ3n) is 3.31. The molecule has 0 radical (unpaired) electrons. The van der Waals surface area contributed by atoms with E-state index < -0.39 is 18.0 Å². The van der Waals surface area contributed by atoms with Gasteiger partial charge in [-0.1, -0.05) is 12.1 Å². The molecule has 0 fully saturated rings. The standard InChI is InChI=1S/C14H13F2N5O/c1-7(17)13-19-9-4-2-3-8(12(15)16)11(9)14(22)21(13)10-5-6-18-20-10/h2-7,12H,17H2,1H3,(H,18,20)/t7-/m0/s1. The lowest BCUT2D eigenvalue weighted by Crippen LogP contribution is -2.28. The average Bonchev–Trinajstić information content (AvgIpc) is 2.99. The fourth-order valence-electron chi connectivity index (χ4n) is 2.36. The Morgan fingerprint density at radius 3 is 2.68 bits per heavy atom. The highest BCUT2D eigenvalue weighted by atomic mass is 19.3. The van der Waals surface area contributed by atoms with Crippen LogP contribution >= 0.6 is 0 Å². The molecule has 1 aromatic carbocycles. The van der Waals surface area contributed by atoms with Gasteiger partial charge < -0.3 is 5.73 Å². The summed E-state index contributed by atoms with van der Waals surface area (Å²) < 4.78 is 27.5. The molecule has 0 unspecified atom stereocenters. The molecular formula is C14H13F2N5O. The van der Waals surface area contributed by atoms with Crippen LogP contribution in [0.2, 0.25) is 0 Å². The molecule has 3 rings (SSSR count). The van der Waals surface area contributed by atoms with Crippen LogP contribution in [-0.2, 0) is 0 Å². The third kappa shape index (κ3) is 2.17. The second-order valence-electron chi connectivity index (χ2n) is 4.87. The lowest BCUT2D eigenvalue weighted by molar-refractivity contribution is 0.153. The molecule has 3 N–H and O–H groups in total. The van der Waals surface area contributed by atoms with Crippen molar-refractivity contribution < 1.29 is 8.78 Å². The van der Waals surface area contributed by atoms with Gasteiger partial charge in [-0.05, 0) is 13.0 Å². The molecule has 0 bridgehead atoms. The normalized spacial score (nSPS) is 13.0. The molecule has 0 aliphatic rings. The van der Waals surface area contributed by atoms with Crippen molar-refractivity contribution in [1.82, 2.24) is 19.7 Å². The number of fused-ring (bicyclic) bond motifs is 1. The highest BCUT2D eigenvalue weighted by Gasteiger charge is 2.21. The number of H-pyrrole nitrogens is 1. The first-order chi connectivity index (χ1) is 10.5. The van der Waals surface area contributed by atoms with E-state index in [1.54, 1.807) is 13.0 Å². The Morgan fingerprint density at radius 1 is 1.32 bits per heavy atom. The predicted octanol–water partition coefficient (Wildman–Crippen LogP) is 2.07. The highest BCUT2D eigenvalue weighted by Crippen LogP contribution is 2.25. The number of halogens is 2. The molecule has 6 nitrogen and oxygen atoms in total. The lowest BCUT2D eigenvalue weighted by atomic mass is 10.1. The fourth-order valence-corrected chi connectivity index (χ4v) is 2.36. The summed E-state index contributed by atoms with van der Waals surface area (Å²) >= 11 is 0. The van der Waals surface area contributed by atoms with Gasteiger partial charge >= 0.3 is 0 Å². The van der Waals surface area contributed by atoms with Crippen LogP contribution in [0.4, 0.5) is 8.78 Å². The van der Waals surface area contributed by atoms with Gasteiger partial charge in [0.15, 0.2) is 5.82 Å². The lowest BCUT2D eigenvalue weighted by Gasteiger charge is -2.15. The van der Waals surface area contributed by atoms with Crippen molar-refractivity contribution in [1.29, 1.82) is 0 Å². The van der Waals surface area contributed by atoms with Crippen molar-refractivity contribution in [2.75, 3.05) is 0 Å². The molecule has 114 valence electrons. The highest BCUT2D eigenvalue weighted by molar-refractivity contribution is 5.82. The average molecular weight is 305 g/mol. The second kappa shape index (κ2) is 5.30. The summed E-state index contributed by atoms with van der Waals surface area (Å²) in [5.41, 5.74) is 5.10. The van der Waals surface area contributed by atoms with Crippen LogP contribution in [0.3, 0.4) is 0 Å².